The number of hydrogen-bond acceptors (Lipinski definition) is 4. The van der Waals surface area contributed by atoms with Crippen molar-refractivity contribution < 1.29 is 9.32 Å². The lowest BCUT2D eigenvalue weighted by Crippen LogP contribution is -2.26. The van der Waals surface area contributed by atoms with Crippen LogP contribution in [-0.4, -0.2) is 16.0 Å². The fourth-order valence-corrected chi connectivity index (χ4v) is 2.20. The first kappa shape index (κ1) is 17.2. The Morgan fingerprint density at radius 2 is 1.96 bits per heavy atom. The SMILES string of the molecule is C[C@@H](NC(=O)CCCc1nc(C(C)(C)C)no1)c1ccccc1. The molecule has 0 aliphatic carbocycles. The Labute approximate surface area is 137 Å². The summed E-state index contributed by atoms with van der Waals surface area (Å²) in [5, 5.41) is 6.99. The van der Waals surface area contributed by atoms with E-state index >= 15 is 0 Å². The van der Waals surface area contributed by atoms with Crippen LogP contribution in [0.5, 0.6) is 0 Å². The molecule has 0 aliphatic rings. The number of carbonyl (C=O) groups is 1. The van der Waals surface area contributed by atoms with Crippen LogP contribution in [0.4, 0.5) is 0 Å². The molecule has 0 aliphatic heterocycles. The Morgan fingerprint density at radius 1 is 1.26 bits per heavy atom. The zero-order valence-corrected chi connectivity index (χ0v) is 14.3. The summed E-state index contributed by atoms with van der Waals surface area (Å²) in [5.41, 5.74) is 0.983. The second-order valence-corrected chi connectivity index (χ2v) is 6.82. The van der Waals surface area contributed by atoms with Gasteiger partial charge in [-0.25, -0.2) is 0 Å². The van der Waals surface area contributed by atoms with Crippen LogP contribution in [-0.2, 0) is 16.6 Å². The smallest absolute Gasteiger partial charge is 0.226 e. The summed E-state index contributed by atoms with van der Waals surface area (Å²) in [4.78, 5) is 16.4. The van der Waals surface area contributed by atoms with Crippen molar-refractivity contribution in [1.29, 1.82) is 0 Å². The van der Waals surface area contributed by atoms with Crippen LogP contribution in [0.15, 0.2) is 34.9 Å². The standard InChI is InChI=1S/C18H25N3O2/c1-13(14-9-6-5-7-10-14)19-15(22)11-8-12-16-20-17(21-23-16)18(2,3)4/h5-7,9-10,13H,8,11-12H2,1-4H3,(H,19,22)/t13-/m1/s1. The topological polar surface area (TPSA) is 68.0 Å². The molecule has 1 N–H and O–H groups in total. The highest BCUT2D eigenvalue weighted by atomic mass is 16.5. The molecule has 124 valence electrons. The van der Waals surface area contributed by atoms with Gasteiger partial charge in [0.2, 0.25) is 11.8 Å². The summed E-state index contributed by atoms with van der Waals surface area (Å²) >= 11 is 0. The number of hydrogen-bond donors (Lipinski definition) is 1. The van der Waals surface area contributed by atoms with E-state index < -0.39 is 0 Å². The minimum Gasteiger partial charge on any atom is -0.350 e. The molecule has 0 fully saturated rings. The summed E-state index contributed by atoms with van der Waals surface area (Å²) in [6, 6.07) is 9.95. The van der Waals surface area contributed by atoms with Crippen LogP contribution in [0.3, 0.4) is 0 Å². The molecule has 0 spiro atoms. The monoisotopic (exact) mass is 315 g/mol. The van der Waals surface area contributed by atoms with Gasteiger partial charge < -0.3 is 9.84 Å². The van der Waals surface area contributed by atoms with E-state index in [0.29, 0.717) is 31.0 Å². The van der Waals surface area contributed by atoms with Gasteiger partial charge in [0.1, 0.15) is 0 Å². The lowest BCUT2D eigenvalue weighted by atomic mass is 9.96. The van der Waals surface area contributed by atoms with E-state index in [-0.39, 0.29) is 17.4 Å². The maximum atomic E-state index is 12.0. The van der Waals surface area contributed by atoms with E-state index in [4.69, 9.17) is 4.52 Å². The number of nitrogens with zero attached hydrogens (tertiary/aromatic N) is 2. The first-order valence-corrected chi connectivity index (χ1v) is 8.03. The van der Waals surface area contributed by atoms with Gasteiger partial charge in [-0.15, -0.1) is 0 Å². The molecule has 0 bridgehead atoms. The number of rotatable bonds is 6. The molecule has 0 unspecified atom stereocenters. The molecule has 23 heavy (non-hydrogen) atoms. The molecule has 1 heterocycles. The van der Waals surface area contributed by atoms with Gasteiger partial charge in [0.05, 0.1) is 6.04 Å². The fourth-order valence-electron chi connectivity index (χ4n) is 2.20. The Kier molecular flexibility index (Phi) is 5.53. The van der Waals surface area contributed by atoms with Crippen LogP contribution >= 0.6 is 0 Å². The normalized spacial score (nSPS) is 12.9. The Bertz CT molecular complexity index is 629. The Hall–Kier alpha value is -2.17. The predicted octanol–water partition coefficient (Wildman–Crippen LogP) is 3.57. The van der Waals surface area contributed by atoms with Gasteiger partial charge in [-0.3, -0.25) is 4.79 Å². The molecule has 1 aromatic carbocycles. The van der Waals surface area contributed by atoms with Crippen LogP contribution < -0.4 is 5.32 Å². The highest BCUT2D eigenvalue weighted by Crippen LogP contribution is 2.19. The van der Waals surface area contributed by atoms with Crippen molar-refractivity contribution in [2.24, 2.45) is 0 Å². The molecule has 0 saturated heterocycles. The molecule has 0 radical (unpaired) electrons. The first-order chi connectivity index (χ1) is 10.9. The van der Waals surface area contributed by atoms with Gasteiger partial charge in [-0.1, -0.05) is 56.3 Å². The third kappa shape index (κ3) is 5.20. The van der Waals surface area contributed by atoms with Crippen LogP contribution in [0.25, 0.3) is 0 Å². The second kappa shape index (κ2) is 7.40. The second-order valence-electron chi connectivity index (χ2n) is 6.82. The summed E-state index contributed by atoms with van der Waals surface area (Å²) in [6.07, 6.45) is 1.76. The van der Waals surface area contributed by atoms with E-state index in [1.165, 1.54) is 0 Å². The molecule has 5 heteroatoms. The lowest BCUT2D eigenvalue weighted by molar-refractivity contribution is -0.121. The number of amides is 1. The number of carbonyl (C=O) groups excluding carboxylic acids is 1. The van der Waals surface area contributed by atoms with Crippen molar-refractivity contribution in [1.82, 2.24) is 15.5 Å². The van der Waals surface area contributed by atoms with Gasteiger partial charge >= 0.3 is 0 Å². The summed E-state index contributed by atoms with van der Waals surface area (Å²) in [7, 11) is 0. The van der Waals surface area contributed by atoms with Crippen LogP contribution in [0.2, 0.25) is 0 Å². The van der Waals surface area contributed by atoms with Crippen molar-refractivity contribution in [2.45, 2.75) is 58.4 Å². The zero-order chi connectivity index (χ0) is 16.9. The highest BCUT2D eigenvalue weighted by molar-refractivity contribution is 5.76. The molecule has 0 saturated carbocycles. The largest absolute Gasteiger partial charge is 0.350 e. The Morgan fingerprint density at radius 3 is 2.57 bits per heavy atom. The molecule has 1 aromatic heterocycles. The molecule has 1 atom stereocenters. The van der Waals surface area contributed by atoms with E-state index in [2.05, 4.69) is 15.5 Å². The van der Waals surface area contributed by atoms with Crippen molar-refractivity contribution >= 4 is 5.91 Å². The predicted molar refractivity (Wildman–Crippen MR) is 88.9 cm³/mol. The number of aromatic nitrogens is 2. The highest BCUT2D eigenvalue weighted by Gasteiger charge is 2.20. The summed E-state index contributed by atoms with van der Waals surface area (Å²) < 4.78 is 5.23. The lowest BCUT2D eigenvalue weighted by Gasteiger charge is -2.14. The molecular weight excluding hydrogens is 290 g/mol. The molecule has 1 amide bonds. The van der Waals surface area contributed by atoms with Crippen molar-refractivity contribution in [3.05, 3.63) is 47.6 Å². The minimum atomic E-state index is -0.121. The average Bonchev–Trinajstić information content (AvgIpc) is 2.97. The number of aryl methyl sites for hydroxylation is 1. The van der Waals surface area contributed by atoms with Crippen LogP contribution in [0, 0.1) is 0 Å². The maximum Gasteiger partial charge on any atom is 0.226 e. The van der Waals surface area contributed by atoms with Gasteiger partial charge in [0.15, 0.2) is 5.82 Å². The molecule has 2 rings (SSSR count). The molecule has 2 aromatic rings. The fraction of sp³-hybridized carbons (Fsp3) is 0.500. The van der Waals surface area contributed by atoms with Gasteiger partial charge in [0, 0.05) is 18.3 Å². The van der Waals surface area contributed by atoms with Gasteiger partial charge in [-0.05, 0) is 18.9 Å². The van der Waals surface area contributed by atoms with Crippen molar-refractivity contribution in [3.8, 4) is 0 Å². The van der Waals surface area contributed by atoms with Crippen molar-refractivity contribution in [3.63, 3.8) is 0 Å². The van der Waals surface area contributed by atoms with Crippen LogP contribution in [0.1, 0.15) is 63.9 Å². The van der Waals surface area contributed by atoms with Crippen molar-refractivity contribution in [2.75, 3.05) is 0 Å². The minimum absolute atomic E-state index is 0.0135. The average molecular weight is 315 g/mol. The third-order valence-corrected chi connectivity index (χ3v) is 3.61. The van der Waals surface area contributed by atoms with Gasteiger partial charge in [0.25, 0.3) is 0 Å². The van der Waals surface area contributed by atoms with E-state index in [1.807, 2.05) is 58.0 Å². The Balaban J connectivity index is 1.76. The van der Waals surface area contributed by atoms with Gasteiger partial charge in [-0.2, -0.15) is 4.98 Å². The molecular formula is C18H25N3O2. The van der Waals surface area contributed by atoms with E-state index in [1.54, 1.807) is 0 Å². The maximum absolute atomic E-state index is 12.0. The molecule has 5 nitrogen and oxygen atoms in total. The number of benzene rings is 1. The third-order valence-electron chi connectivity index (χ3n) is 3.61. The zero-order valence-electron chi connectivity index (χ0n) is 14.3. The first-order valence-electron chi connectivity index (χ1n) is 8.03. The summed E-state index contributed by atoms with van der Waals surface area (Å²) in [6.45, 7) is 8.11. The summed E-state index contributed by atoms with van der Waals surface area (Å²) in [5.74, 6) is 1.34. The van der Waals surface area contributed by atoms with E-state index in [9.17, 15) is 4.79 Å². The number of nitrogens with one attached hydrogen (secondary N) is 1. The van der Waals surface area contributed by atoms with E-state index in [0.717, 1.165) is 5.56 Å². The quantitative estimate of drug-likeness (QED) is 0.885.